The third kappa shape index (κ3) is 4.33. The predicted octanol–water partition coefficient (Wildman–Crippen LogP) is 3.51. The first-order valence-electron chi connectivity index (χ1n) is 14.4. The Hall–Kier alpha value is -3.85. The monoisotopic (exact) mass is 538 g/mol. The number of amides is 3. The first-order chi connectivity index (χ1) is 19.4. The smallest absolute Gasteiger partial charge is 0.259 e. The number of aromatic nitrogens is 2. The largest absolute Gasteiger partial charge is 0.302 e. The van der Waals surface area contributed by atoms with Crippen LogP contribution in [-0.4, -0.2) is 71.3 Å². The second-order valence-electron chi connectivity index (χ2n) is 11.9. The lowest BCUT2D eigenvalue weighted by Crippen LogP contribution is -2.53. The molecule has 9 nitrogen and oxygen atoms in total. The Morgan fingerprint density at radius 2 is 1.93 bits per heavy atom. The van der Waals surface area contributed by atoms with Crippen molar-refractivity contribution >= 4 is 40.4 Å². The maximum atomic E-state index is 13.4. The highest BCUT2D eigenvalue weighted by Gasteiger charge is 2.43. The summed E-state index contributed by atoms with van der Waals surface area (Å²) in [7, 11) is 1.88. The molecule has 2 aromatic carbocycles. The highest BCUT2D eigenvalue weighted by atomic mass is 16.2. The summed E-state index contributed by atoms with van der Waals surface area (Å²) in [4.78, 5) is 46.2. The highest BCUT2D eigenvalue weighted by Crippen LogP contribution is 2.45. The Morgan fingerprint density at radius 3 is 2.67 bits per heavy atom. The number of hydrogen-bond acceptors (Lipinski definition) is 6. The maximum Gasteiger partial charge on any atom is 0.259 e. The third-order valence-corrected chi connectivity index (χ3v) is 9.15. The van der Waals surface area contributed by atoms with Gasteiger partial charge in [0.05, 0.1) is 17.9 Å². The van der Waals surface area contributed by atoms with Gasteiger partial charge < -0.3 is 9.89 Å². The van der Waals surface area contributed by atoms with Gasteiger partial charge in [0.2, 0.25) is 11.8 Å². The molecule has 3 amide bonds. The van der Waals surface area contributed by atoms with Crippen molar-refractivity contribution in [1.82, 2.24) is 20.0 Å². The van der Waals surface area contributed by atoms with Crippen LogP contribution < -0.4 is 10.2 Å². The second kappa shape index (κ2) is 9.66. The van der Waals surface area contributed by atoms with Gasteiger partial charge in [0.1, 0.15) is 6.04 Å². The van der Waals surface area contributed by atoms with Crippen LogP contribution in [0.25, 0.3) is 10.8 Å². The summed E-state index contributed by atoms with van der Waals surface area (Å²) < 4.78 is 2.14. The molecule has 9 heteroatoms. The number of carbonyl (C=O) groups is 3. The molecule has 40 heavy (non-hydrogen) atoms. The number of nitrogens with one attached hydrogen (secondary N) is 1. The first-order valence-corrected chi connectivity index (χ1v) is 14.4. The van der Waals surface area contributed by atoms with E-state index in [1.54, 1.807) is 4.90 Å². The van der Waals surface area contributed by atoms with Gasteiger partial charge in [-0.1, -0.05) is 18.2 Å². The van der Waals surface area contributed by atoms with Crippen molar-refractivity contribution in [2.75, 3.05) is 31.6 Å². The molecule has 7 rings (SSSR count). The molecule has 0 radical (unpaired) electrons. The fourth-order valence-electron chi connectivity index (χ4n) is 6.90. The van der Waals surface area contributed by atoms with Crippen LogP contribution in [-0.2, 0) is 16.0 Å². The molecule has 3 aromatic rings. The number of likely N-dealkylation sites (tertiary alicyclic amines) is 1. The molecule has 1 aromatic heterocycles. The summed E-state index contributed by atoms with van der Waals surface area (Å²) in [5.41, 5.74) is 3.95. The van der Waals surface area contributed by atoms with Crippen molar-refractivity contribution in [2.24, 2.45) is 10.4 Å². The lowest BCUT2D eigenvalue weighted by atomic mass is 9.97. The van der Waals surface area contributed by atoms with E-state index in [2.05, 4.69) is 44.4 Å². The standard InChI is InChI=1S/C31H34N6O3/c1-32-18-31(11-12-31)19-35-13-9-22(10-14-35)36-17-20(16-33-36)15-21-5-6-25-28-23(21)3-2-4-24(28)30(40)37(25)26-7-8-27(38)34-29(26)39/h2-6,16-18,22,26H,7-15,19H2,1H3,(H,34,38,39)/b32-18-. The molecule has 1 unspecified atom stereocenters. The minimum Gasteiger partial charge on any atom is -0.302 e. The first kappa shape index (κ1) is 25.1. The van der Waals surface area contributed by atoms with Crippen LogP contribution >= 0.6 is 0 Å². The summed E-state index contributed by atoms with van der Waals surface area (Å²) in [6, 6.07) is 9.53. The molecule has 1 atom stereocenters. The van der Waals surface area contributed by atoms with Crippen LogP contribution in [0, 0.1) is 5.41 Å². The number of piperidine rings is 2. The molecule has 4 heterocycles. The summed E-state index contributed by atoms with van der Waals surface area (Å²) in [6.45, 7) is 3.30. The Balaban J connectivity index is 1.08. The van der Waals surface area contributed by atoms with E-state index in [9.17, 15) is 14.4 Å². The molecule has 206 valence electrons. The molecular formula is C31H34N6O3. The zero-order chi connectivity index (χ0) is 27.4. The van der Waals surface area contributed by atoms with Gasteiger partial charge in [-0.05, 0) is 60.7 Å². The summed E-state index contributed by atoms with van der Waals surface area (Å²) in [5, 5.41) is 9.04. The van der Waals surface area contributed by atoms with Crippen LogP contribution in [0.5, 0.6) is 0 Å². The number of aliphatic imine (C=N–C) groups is 1. The average molecular weight is 539 g/mol. The number of hydrogen-bond donors (Lipinski definition) is 1. The molecule has 1 N–H and O–H groups in total. The van der Waals surface area contributed by atoms with E-state index >= 15 is 0 Å². The van der Waals surface area contributed by atoms with Crippen molar-refractivity contribution in [1.29, 1.82) is 0 Å². The fourth-order valence-corrected chi connectivity index (χ4v) is 6.90. The molecule has 1 saturated carbocycles. The number of carbonyl (C=O) groups excluding carboxylic acids is 3. The van der Waals surface area contributed by atoms with Crippen molar-refractivity contribution in [3.63, 3.8) is 0 Å². The Labute approximate surface area is 233 Å². The van der Waals surface area contributed by atoms with Crippen molar-refractivity contribution in [2.45, 2.75) is 57.0 Å². The minimum atomic E-state index is -0.675. The Kier molecular flexibility index (Phi) is 6.07. The summed E-state index contributed by atoms with van der Waals surface area (Å²) in [6.07, 6.45) is 12.3. The van der Waals surface area contributed by atoms with E-state index in [0.29, 0.717) is 29.9 Å². The van der Waals surface area contributed by atoms with Gasteiger partial charge in [-0.25, -0.2) is 0 Å². The normalized spacial score (nSPS) is 23.0. The van der Waals surface area contributed by atoms with Gasteiger partial charge in [0.15, 0.2) is 0 Å². The lowest BCUT2D eigenvalue weighted by molar-refractivity contribution is -0.134. The summed E-state index contributed by atoms with van der Waals surface area (Å²) >= 11 is 0. The van der Waals surface area contributed by atoms with Crippen molar-refractivity contribution in [3.05, 3.63) is 59.4 Å². The zero-order valence-corrected chi connectivity index (χ0v) is 22.8. The molecule has 3 fully saturated rings. The Bertz CT molecular complexity index is 1550. The van der Waals surface area contributed by atoms with E-state index in [0.717, 1.165) is 60.1 Å². The SMILES string of the molecule is C/N=C\C1(CN2CCC(n3cc(Cc4ccc5c6c(cccc46)C(=O)N5C4CCC(=O)NC4=O)cn3)CC2)CC1. The number of benzene rings is 2. The van der Waals surface area contributed by atoms with E-state index < -0.39 is 11.9 Å². The van der Waals surface area contributed by atoms with Crippen LogP contribution in [0.1, 0.15) is 66.1 Å². The molecule has 4 aliphatic rings. The Morgan fingerprint density at radius 1 is 1.10 bits per heavy atom. The van der Waals surface area contributed by atoms with Crippen LogP contribution in [0.2, 0.25) is 0 Å². The van der Waals surface area contributed by atoms with E-state index in [1.807, 2.05) is 31.4 Å². The molecule has 3 aliphatic heterocycles. The topological polar surface area (TPSA) is 99.9 Å². The van der Waals surface area contributed by atoms with Crippen molar-refractivity contribution in [3.8, 4) is 0 Å². The van der Waals surface area contributed by atoms with E-state index in [1.165, 1.54) is 12.8 Å². The van der Waals surface area contributed by atoms with Gasteiger partial charge >= 0.3 is 0 Å². The zero-order valence-electron chi connectivity index (χ0n) is 22.8. The minimum absolute atomic E-state index is 0.180. The van der Waals surface area contributed by atoms with Crippen molar-refractivity contribution < 1.29 is 14.4 Å². The maximum absolute atomic E-state index is 13.4. The number of nitrogens with zero attached hydrogens (tertiary/aromatic N) is 5. The number of imide groups is 1. The second-order valence-corrected chi connectivity index (χ2v) is 11.9. The number of anilines is 1. The van der Waals surface area contributed by atoms with Gasteiger partial charge in [-0.3, -0.25) is 29.3 Å². The molecule has 2 saturated heterocycles. The van der Waals surface area contributed by atoms with Gasteiger partial charge in [0.25, 0.3) is 5.91 Å². The summed E-state index contributed by atoms with van der Waals surface area (Å²) in [5.74, 6) is -0.874. The van der Waals surface area contributed by atoms with E-state index in [4.69, 9.17) is 5.10 Å². The number of rotatable bonds is 7. The molecule has 1 aliphatic carbocycles. The van der Waals surface area contributed by atoms with Crippen LogP contribution in [0.4, 0.5) is 5.69 Å². The highest BCUT2D eigenvalue weighted by molar-refractivity contribution is 6.27. The molecule has 0 spiro atoms. The van der Waals surface area contributed by atoms with E-state index in [-0.39, 0.29) is 18.2 Å². The fraction of sp³-hybridized carbons (Fsp3) is 0.452. The van der Waals surface area contributed by atoms with Gasteiger partial charge in [-0.2, -0.15) is 5.10 Å². The lowest BCUT2D eigenvalue weighted by Gasteiger charge is -2.33. The molecule has 0 bridgehead atoms. The third-order valence-electron chi connectivity index (χ3n) is 9.15. The van der Waals surface area contributed by atoms with Crippen LogP contribution in [0.3, 0.4) is 0 Å². The average Bonchev–Trinajstić information content (AvgIpc) is 3.42. The van der Waals surface area contributed by atoms with Gasteiger partial charge in [-0.15, -0.1) is 0 Å². The van der Waals surface area contributed by atoms with Gasteiger partial charge in [0, 0.05) is 68.3 Å². The molecular weight excluding hydrogens is 504 g/mol. The van der Waals surface area contributed by atoms with Crippen LogP contribution in [0.15, 0.2) is 47.7 Å². The predicted molar refractivity (Wildman–Crippen MR) is 153 cm³/mol. The quantitative estimate of drug-likeness (QED) is 0.367.